The summed E-state index contributed by atoms with van der Waals surface area (Å²) in [6.07, 6.45) is -0.526. The number of hydrogen-bond acceptors (Lipinski definition) is 8. The molecule has 1 aliphatic heterocycles. The maximum atomic E-state index is 12.4. The first-order valence-electron chi connectivity index (χ1n) is 9.35. The number of nitrogens with zero attached hydrogens (tertiary/aromatic N) is 1. The Labute approximate surface area is 196 Å². The Morgan fingerprint density at radius 1 is 1.25 bits per heavy atom. The number of carboxylic acid groups (broad SMARTS) is 1. The molecule has 0 radical (unpaired) electrons. The molecule has 3 rings (SSSR count). The molecule has 1 atom stereocenters. The number of anilines is 1. The first-order chi connectivity index (χ1) is 15.2. The first-order valence-corrected chi connectivity index (χ1v) is 10.9. The van der Waals surface area contributed by atoms with E-state index in [0.717, 1.165) is 6.54 Å². The van der Waals surface area contributed by atoms with Gasteiger partial charge in [-0.25, -0.2) is 0 Å². The van der Waals surface area contributed by atoms with Gasteiger partial charge < -0.3 is 31.5 Å². The third kappa shape index (κ3) is 6.25. The van der Waals surface area contributed by atoms with Gasteiger partial charge in [0, 0.05) is 17.1 Å². The second kappa shape index (κ2) is 10.5. The number of phenols is 1. The van der Waals surface area contributed by atoms with E-state index in [2.05, 4.69) is 26.3 Å². The summed E-state index contributed by atoms with van der Waals surface area (Å²) in [5, 5.41) is 31.2. The summed E-state index contributed by atoms with van der Waals surface area (Å²) in [6.45, 7) is 1.02. The third-order valence-electron chi connectivity index (χ3n) is 4.30. The van der Waals surface area contributed by atoms with Crippen molar-refractivity contribution in [2.24, 2.45) is 4.99 Å². The number of hydrogen-bond donors (Lipinski definition) is 6. The smallest absolute Gasteiger partial charge is 0.305 e. The van der Waals surface area contributed by atoms with Gasteiger partial charge in [-0.05, 0) is 24.3 Å². The molecule has 2 aromatic rings. The van der Waals surface area contributed by atoms with Gasteiger partial charge in [-0.15, -0.1) is 11.3 Å². The zero-order valence-electron chi connectivity index (χ0n) is 16.4. The number of carbonyl (C=O) groups is 3. The van der Waals surface area contributed by atoms with Crippen molar-refractivity contribution in [2.45, 2.75) is 12.5 Å². The Bertz CT molecular complexity index is 1070. The number of carbonyl (C=O) groups excluding carboxylic acids is 2. The minimum absolute atomic E-state index is 0.0574. The van der Waals surface area contributed by atoms with Crippen molar-refractivity contribution < 1.29 is 24.6 Å². The second-order valence-corrected chi connectivity index (χ2v) is 8.60. The van der Waals surface area contributed by atoms with E-state index in [1.54, 1.807) is 12.1 Å². The number of amides is 2. The van der Waals surface area contributed by atoms with E-state index in [1.165, 1.54) is 23.5 Å². The van der Waals surface area contributed by atoms with E-state index in [4.69, 9.17) is 23.2 Å². The van der Waals surface area contributed by atoms with Crippen LogP contribution in [0.2, 0.25) is 10.0 Å². The number of rotatable bonds is 8. The molecule has 170 valence electrons. The number of guanidine groups is 1. The highest BCUT2D eigenvalue weighted by atomic mass is 35.5. The van der Waals surface area contributed by atoms with Crippen LogP contribution in [0.1, 0.15) is 27.7 Å². The van der Waals surface area contributed by atoms with Crippen LogP contribution < -0.4 is 21.3 Å². The Morgan fingerprint density at radius 2 is 2.03 bits per heavy atom. The number of aromatic hydroxyl groups is 1. The van der Waals surface area contributed by atoms with Crippen LogP contribution in [0, 0.1) is 0 Å². The van der Waals surface area contributed by atoms with Crippen molar-refractivity contribution in [1.82, 2.24) is 16.0 Å². The molecule has 2 amide bonds. The van der Waals surface area contributed by atoms with Gasteiger partial charge in [0.2, 0.25) is 5.91 Å². The Morgan fingerprint density at radius 3 is 2.72 bits per heavy atom. The molecule has 0 aliphatic carbocycles. The van der Waals surface area contributed by atoms with E-state index in [1.807, 2.05) is 0 Å². The van der Waals surface area contributed by atoms with Crippen molar-refractivity contribution in [1.29, 1.82) is 0 Å². The van der Waals surface area contributed by atoms with Crippen LogP contribution in [0.15, 0.2) is 29.3 Å². The van der Waals surface area contributed by atoms with Crippen LogP contribution >= 0.6 is 34.5 Å². The predicted molar refractivity (Wildman–Crippen MR) is 122 cm³/mol. The topological polar surface area (TPSA) is 152 Å². The molecule has 0 spiro atoms. The molecule has 32 heavy (non-hydrogen) atoms. The number of benzene rings is 1. The average molecular weight is 500 g/mol. The first kappa shape index (κ1) is 23.6. The van der Waals surface area contributed by atoms with Gasteiger partial charge in [-0.1, -0.05) is 23.2 Å². The molecule has 1 unspecified atom stereocenters. The van der Waals surface area contributed by atoms with Crippen molar-refractivity contribution in [3.05, 3.63) is 44.8 Å². The minimum Gasteiger partial charge on any atom is -0.506 e. The summed E-state index contributed by atoms with van der Waals surface area (Å²) in [7, 11) is 0. The number of aliphatic carboxylic acids is 1. The summed E-state index contributed by atoms with van der Waals surface area (Å²) in [5.74, 6) is -2.09. The largest absolute Gasteiger partial charge is 0.506 e. The summed E-state index contributed by atoms with van der Waals surface area (Å²) < 4.78 is 0. The zero-order valence-corrected chi connectivity index (χ0v) is 18.8. The number of carboxylic acids is 1. The average Bonchev–Trinajstić information content (AvgIpc) is 3.40. The second-order valence-electron chi connectivity index (χ2n) is 6.67. The number of aliphatic imine (C=N–C) groups is 1. The standard InChI is InChI=1S/C19H19Cl2N5O5S/c20-9-5-10(17(30)11(21)6-9)12(7-16(28)29)25-14(27)8-24-18(31)13-1-2-15(32-13)26-19-22-3-4-23-19/h1-2,5-6,12,30H,3-4,7-8H2,(H,24,31)(H,25,27)(H,28,29)(H2,22,23,26). The van der Waals surface area contributed by atoms with E-state index in [0.29, 0.717) is 22.4 Å². The molecule has 0 fully saturated rings. The fraction of sp³-hybridized carbons (Fsp3) is 0.263. The zero-order chi connectivity index (χ0) is 23.3. The summed E-state index contributed by atoms with van der Waals surface area (Å²) >= 11 is 13.0. The van der Waals surface area contributed by atoms with E-state index >= 15 is 0 Å². The molecule has 0 saturated heterocycles. The lowest BCUT2D eigenvalue weighted by Gasteiger charge is -2.19. The maximum Gasteiger partial charge on any atom is 0.305 e. The Kier molecular flexibility index (Phi) is 7.78. The third-order valence-corrected chi connectivity index (χ3v) is 5.81. The number of phenolic OH excluding ortho intramolecular Hbond substituents is 1. The molecule has 1 aromatic carbocycles. The van der Waals surface area contributed by atoms with Gasteiger partial charge in [-0.2, -0.15) is 0 Å². The highest BCUT2D eigenvalue weighted by Crippen LogP contribution is 2.36. The Balaban J connectivity index is 1.60. The van der Waals surface area contributed by atoms with Crippen molar-refractivity contribution >= 4 is 63.3 Å². The van der Waals surface area contributed by atoms with Crippen LogP contribution in [0.3, 0.4) is 0 Å². The van der Waals surface area contributed by atoms with Gasteiger partial charge in [0.15, 0.2) is 5.96 Å². The normalized spacial score (nSPS) is 13.6. The lowest BCUT2D eigenvalue weighted by atomic mass is 10.0. The van der Waals surface area contributed by atoms with Gasteiger partial charge >= 0.3 is 5.97 Å². The van der Waals surface area contributed by atoms with E-state index < -0.39 is 36.8 Å². The van der Waals surface area contributed by atoms with Crippen LogP contribution in [0.5, 0.6) is 5.75 Å². The number of halogens is 2. The predicted octanol–water partition coefficient (Wildman–Crippen LogP) is 2.19. The fourth-order valence-electron chi connectivity index (χ4n) is 2.88. The molecule has 13 heteroatoms. The highest BCUT2D eigenvalue weighted by molar-refractivity contribution is 7.18. The lowest BCUT2D eigenvalue weighted by molar-refractivity contribution is -0.137. The lowest BCUT2D eigenvalue weighted by Crippen LogP contribution is -2.39. The fourth-order valence-corrected chi connectivity index (χ4v) is 4.21. The van der Waals surface area contributed by atoms with Gasteiger partial charge in [0.1, 0.15) is 5.75 Å². The van der Waals surface area contributed by atoms with Crippen LogP contribution in [0.25, 0.3) is 0 Å². The van der Waals surface area contributed by atoms with Gasteiger partial charge in [0.25, 0.3) is 5.91 Å². The monoisotopic (exact) mass is 499 g/mol. The summed E-state index contributed by atoms with van der Waals surface area (Å²) in [6, 6.07) is 4.83. The van der Waals surface area contributed by atoms with E-state index in [9.17, 15) is 24.6 Å². The molecule has 1 aliphatic rings. The summed E-state index contributed by atoms with van der Waals surface area (Å²) in [5.41, 5.74) is 0.0574. The van der Waals surface area contributed by atoms with Crippen LogP contribution in [-0.2, 0) is 9.59 Å². The van der Waals surface area contributed by atoms with E-state index in [-0.39, 0.29) is 21.4 Å². The molecule has 1 aromatic heterocycles. The maximum absolute atomic E-state index is 12.4. The van der Waals surface area contributed by atoms with Crippen molar-refractivity contribution in [3.8, 4) is 5.75 Å². The molecular weight excluding hydrogens is 481 g/mol. The SMILES string of the molecule is O=C(O)CC(NC(=O)CNC(=O)c1ccc(NC2=NCCN2)s1)c1cc(Cl)cc(Cl)c1O. The van der Waals surface area contributed by atoms with Gasteiger partial charge in [-0.3, -0.25) is 19.4 Å². The Hall–Kier alpha value is -3.02. The van der Waals surface area contributed by atoms with Crippen LogP contribution in [0.4, 0.5) is 5.00 Å². The van der Waals surface area contributed by atoms with Crippen LogP contribution in [-0.4, -0.2) is 53.6 Å². The molecule has 6 N–H and O–H groups in total. The minimum atomic E-state index is -1.21. The van der Waals surface area contributed by atoms with Crippen molar-refractivity contribution in [2.75, 3.05) is 25.0 Å². The molecule has 0 bridgehead atoms. The molecule has 2 heterocycles. The molecular formula is C19H19Cl2N5O5S. The quantitative estimate of drug-likeness (QED) is 0.325. The highest BCUT2D eigenvalue weighted by Gasteiger charge is 2.23. The summed E-state index contributed by atoms with van der Waals surface area (Å²) in [4.78, 5) is 40.5. The van der Waals surface area contributed by atoms with Gasteiger partial charge in [0.05, 0.1) is 40.5 Å². The number of thiophene rings is 1. The van der Waals surface area contributed by atoms with Crippen molar-refractivity contribution in [3.63, 3.8) is 0 Å². The molecule has 0 saturated carbocycles. The number of nitrogens with one attached hydrogen (secondary N) is 4. The molecule has 10 nitrogen and oxygen atoms in total.